The fraction of sp³-hybridized carbons (Fsp3) is 0.370. The van der Waals surface area contributed by atoms with E-state index in [9.17, 15) is 9.59 Å². The van der Waals surface area contributed by atoms with Crippen molar-refractivity contribution in [2.75, 3.05) is 19.6 Å². The van der Waals surface area contributed by atoms with Crippen molar-refractivity contribution in [1.29, 1.82) is 0 Å². The first-order valence-corrected chi connectivity index (χ1v) is 11.8. The van der Waals surface area contributed by atoms with Crippen molar-refractivity contribution >= 4 is 11.8 Å². The van der Waals surface area contributed by atoms with Crippen molar-refractivity contribution < 1.29 is 9.59 Å². The molecule has 1 aliphatic heterocycles. The van der Waals surface area contributed by atoms with Crippen molar-refractivity contribution in [3.8, 4) is 5.69 Å². The van der Waals surface area contributed by atoms with E-state index in [0.29, 0.717) is 13.1 Å². The average Bonchev–Trinajstić information content (AvgIpc) is 3.12. The number of hydrogen-bond donors (Lipinski definition) is 2. The zero-order valence-corrected chi connectivity index (χ0v) is 20.3. The lowest BCUT2D eigenvalue weighted by atomic mass is 9.96. The molecule has 0 spiro atoms. The zero-order valence-electron chi connectivity index (χ0n) is 20.3. The number of carbonyl (C=O) groups excluding carboxylic acids is 2. The molecule has 1 saturated heterocycles. The summed E-state index contributed by atoms with van der Waals surface area (Å²) in [7, 11) is 0. The minimum absolute atomic E-state index is 0.0879. The van der Waals surface area contributed by atoms with Gasteiger partial charge in [0, 0.05) is 24.3 Å². The summed E-state index contributed by atoms with van der Waals surface area (Å²) in [5.74, 6) is 0.0507. The number of carbonyl (C=O) groups is 2. The maximum Gasteiger partial charge on any atom is 0.242 e. The summed E-state index contributed by atoms with van der Waals surface area (Å²) in [4.78, 5) is 28.2. The van der Waals surface area contributed by atoms with E-state index < -0.39 is 6.04 Å². The Morgan fingerprint density at radius 3 is 2.38 bits per heavy atom. The molecule has 2 amide bonds. The van der Waals surface area contributed by atoms with Crippen LogP contribution in [0.25, 0.3) is 5.69 Å². The molecule has 34 heavy (non-hydrogen) atoms. The van der Waals surface area contributed by atoms with E-state index in [-0.39, 0.29) is 30.3 Å². The molecule has 2 heterocycles. The summed E-state index contributed by atoms with van der Waals surface area (Å²) < 4.78 is 1.87. The Kier molecular flexibility index (Phi) is 7.12. The Labute approximate surface area is 201 Å². The Morgan fingerprint density at radius 1 is 1.09 bits per heavy atom. The third-order valence-corrected chi connectivity index (χ3v) is 6.42. The number of nitrogens with one attached hydrogen (secondary N) is 2. The van der Waals surface area contributed by atoms with Crippen molar-refractivity contribution in [2.24, 2.45) is 5.92 Å². The Morgan fingerprint density at radius 2 is 1.74 bits per heavy atom. The van der Waals surface area contributed by atoms with Gasteiger partial charge in [-0.25, -0.2) is 4.68 Å². The minimum atomic E-state index is -0.564. The first kappa shape index (κ1) is 23.7. The van der Waals surface area contributed by atoms with Crippen LogP contribution in [0.15, 0.2) is 60.7 Å². The number of rotatable bonds is 7. The molecular formula is C27H33N5O2. The summed E-state index contributed by atoms with van der Waals surface area (Å²) >= 11 is 0. The van der Waals surface area contributed by atoms with Gasteiger partial charge < -0.3 is 10.6 Å². The fourth-order valence-electron chi connectivity index (χ4n) is 4.77. The first-order valence-electron chi connectivity index (χ1n) is 11.8. The highest BCUT2D eigenvalue weighted by molar-refractivity contribution is 5.86. The minimum Gasteiger partial charge on any atom is -0.353 e. The molecule has 7 heteroatoms. The molecule has 2 aromatic carbocycles. The van der Waals surface area contributed by atoms with Gasteiger partial charge in [-0.15, -0.1) is 0 Å². The summed E-state index contributed by atoms with van der Waals surface area (Å²) in [5, 5.41) is 10.9. The number of aromatic nitrogens is 2. The third kappa shape index (κ3) is 4.89. The van der Waals surface area contributed by atoms with Crippen LogP contribution >= 0.6 is 0 Å². The topological polar surface area (TPSA) is 79.3 Å². The maximum atomic E-state index is 13.2. The van der Waals surface area contributed by atoms with Crippen molar-refractivity contribution in [3.63, 3.8) is 0 Å². The van der Waals surface area contributed by atoms with Crippen molar-refractivity contribution in [1.82, 2.24) is 25.3 Å². The number of para-hydroxylation sites is 1. The molecule has 3 aromatic rings. The highest BCUT2D eigenvalue weighted by Crippen LogP contribution is 2.30. The number of benzene rings is 2. The van der Waals surface area contributed by atoms with Gasteiger partial charge in [0.25, 0.3) is 0 Å². The maximum absolute atomic E-state index is 13.2. The monoisotopic (exact) mass is 459 g/mol. The SMILES string of the molecule is Cc1nn(-c2ccccc2)c(C)c1C1C(=O)NCCN1CC(=O)NC(c1ccccc1)C(C)C. The molecule has 1 aromatic heterocycles. The van der Waals surface area contributed by atoms with E-state index in [4.69, 9.17) is 5.10 Å². The molecule has 2 N–H and O–H groups in total. The zero-order chi connectivity index (χ0) is 24.2. The lowest BCUT2D eigenvalue weighted by Crippen LogP contribution is -2.53. The van der Waals surface area contributed by atoms with E-state index in [0.717, 1.165) is 28.2 Å². The number of nitrogens with zero attached hydrogens (tertiary/aromatic N) is 3. The summed E-state index contributed by atoms with van der Waals surface area (Å²) in [6.07, 6.45) is 0. The Balaban J connectivity index is 1.58. The van der Waals surface area contributed by atoms with Crippen LogP contribution in [0, 0.1) is 19.8 Å². The molecule has 7 nitrogen and oxygen atoms in total. The van der Waals surface area contributed by atoms with Crippen LogP contribution in [0.5, 0.6) is 0 Å². The molecule has 0 aliphatic carbocycles. The second-order valence-corrected chi connectivity index (χ2v) is 9.20. The molecule has 1 aliphatic rings. The first-order chi connectivity index (χ1) is 16.4. The molecule has 0 bridgehead atoms. The van der Waals surface area contributed by atoms with Gasteiger partial charge in [0.05, 0.1) is 24.0 Å². The summed E-state index contributed by atoms with van der Waals surface area (Å²) in [5.41, 5.74) is 4.57. The van der Waals surface area contributed by atoms with Crippen LogP contribution in [0.2, 0.25) is 0 Å². The van der Waals surface area contributed by atoms with Crippen LogP contribution in [0.3, 0.4) is 0 Å². The smallest absolute Gasteiger partial charge is 0.242 e. The van der Waals surface area contributed by atoms with Gasteiger partial charge in [0.15, 0.2) is 0 Å². The molecule has 178 valence electrons. The van der Waals surface area contributed by atoms with E-state index >= 15 is 0 Å². The fourth-order valence-corrected chi connectivity index (χ4v) is 4.77. The highest BCUT2D eigenvalue weighted by atomic mass is 16.2. The van der Waals surface area contributed by atoms with Gasteiger partial charge in [-0.3, -0.25) is 14.5 Å². The molecular weight excluding hydrogens is 426 g/mol. The number of amides is 2. The average molecular weight is 460 g/mol. The van der Waals surface area contributed by atoms with Crippen LogP contribution in [-0.2, 0) is 9.59 Å². The quantitative estimate of drug-likeness (QED) is 0.567. The predicted octanol–water partition coefficient (Wildman–Crippen LogP) is 3.48. The van der Waals surface area contributed by atoms with Gasteiger partial charge in [0.2, 0.25) is 11.8 Å². The number of aryl methyl sites for hydroxylation is 1. The Bertz CT molecular complexity index is 1140. The van der Waals surface area contributed by atoms with Crippen molar-refractivity contribution in [2.45, 2.75) is 39.8 Å². The number of piperazine rings is 1. The van der Waals surface area contributed by atoms with Crippen LogP contribution in [-0.4, -0.2) is 46.1 Å². The Hall–Kier alpha value is -3.45. The van der Waals surface area contributed by atoms with Gasteiger partial charge >= 0.3 is 0 Å². The molecule has 0 saturated carbocycles. The van der Waals surface area contributed by atoms with Gasteiger partial charge in [-0.05, 0) is 37.5 Å². The van der Waals surface area contributed by atoms with E-state index in [1.165, 1.54) is 0 Å². The summed E-state index contributed by atoms with van der Waals surface area (Å²) in [6.45, 7) is 9.35. The molecule has 2 unspecified atom stereocenters. The van der Waals surface area contributed by atoms with E-state index in [2.05, 4.69) is 24.5 Å². The van der Waals surface area contributed by atoms with Crippen molar-refractivity contribution in [3.05, 3.63) is 83.2 Å². The van der Waals surface area contributed by atoms with Gasteiger partial charge in [-0.1, -0.05) is 62.4 Å². The third-order valence-electron chi connectivity index (χ3n) is 6.42. The normalized spacial score (nSPS) is 17.4. The molecule has 4 rings (SSSR count). The van der Waals surface area contributed by atoms with Gasteiger partial charge in [0.1, 0.15) is 6.04 Å². The van der Waals surface area contributed by atoms with E-state index in [1.54, 1.807) is 0 Å². The second-order valence-electron chi connectivity index (χ2n) is 9.20. The van der Waals surface area contributed by atoms with Crippen LogP contribution < -0.4 is 10.6 Å². The number of hydrogen-bond acceptors (Lipinski definition) is 4. The predicted molar refractivity (Wildman–Crippen MR) is 133 cm³/mol. The lowest BCUT2D eigenvalue weighted by Gasteiger charge is -2.35. The largest absolute Gasteiger partial charge is 0.353 e. The van der Waals surface area contributed by atoms with Crippen LogP contribution in [0.1, 0.15) is 48.4 Å². The second kappa shape index (κ2) is 10.2. The summed E-state index contributed by atoms with van der Waals surface area (Å²) in [6, 6.07) is 19.2. The van der Waals surface area contributed by atoms with Gasteiger partial charge in [-0.2, -0.15) is 5.10 Å². The highest BCUT2D eigenvalue weighted by Gasteiger charge is 2.36. The molecule has 0 radical (unpaired) electrons. The standard InChI is InChI=1S/C27H33N5O2/c1-18(2)25(21-11-7-5-8-12-21)29-23(33)17-31-16-15-28-27(34)26(31)24-19(3)30-32(20(24)4)22-13-9-6-10-14-22/h5-14,18,25-26H,15-17H2,1-4H3,(H,28,34)(H,29,33). The van der Waals surface area contributed by atoms with E-state index in [1.807, 2.05) is 84.1 Å². The van der Waals surface area contributed by atoms with Crippen LogP contribution in [0.4, 0.5) is 0 Å². The lowest BCUT2D eigenvalue weighted by molar-refractivity contribution is -0.132. The molecule has 1 fully saturated rings. The molecule has 2 atom stereocenters.